The molecule has 1 aliphatic heterocycles. The SMILES string of the molecule is CCOC(=O)CN(C)C(=O)c1ccc2c(c1)CCCN2C(=O)c1ccc(O)cc1O. The fourth-order valence-corrected chi connectivity index (χ4v) is 3.48. The Kier molecular flexibility index (Phi) is 6.25. The summed E-state index contributed by atoms with van der Waals surface area (Å²) < 4.78 is 4.88. The van der Waals surface area contributed by atoms with Crippen LogP contribution < -0.4 is 4.90 Å². The van der Waals surface area contributed by atoms with E-state index in [1.807, 2.05) is 0 Å². The van der Waals surface area contributed by atoms with E-state index >= 15 is 0 Å². The van der Waals surface area contributed by atoms with Crippen molar-refractivity contribution in [3.63, 3.8) is 0 Å². The second kappa shape index (κ2) is 8.86. The maximum absolute atomic E-state index is 13.0. The molecule has 0 bridgehead atoms. The molecule has 30 heavy (non-hydrogen) atoms. The van der Waals surface area contributed by atoms with E-state index in [1.54, 1.807) is 30.0 Å². The van der Waals surface area contributed by atoms with Crippen molar-refractivity contribution in [2.45, 2.75) is 19.8 Å². The molecule has 8 nitrogen and oxygen atoms in total. The number of hydrogen-bond acceptors (Lipinski definition) is 6. The summed E-state index contributed by atoms with van der Waals surface area (Å²) in [5.41, 5.74) is 2.02. The molecule has 0 saturated carbocycles. The fourth-order valence-electron chi connectivity index (χ4n) is 3.48. The van der Waals surface area contributed by atoms with Crippen LogP contribution in [0.4, 0.5) is 5.69 Å². The number of hydrogen-bond donors (Lipinski definition) is 2. The molecule has 0 atom stereocenters. The molecule has 2 amide bonds. The number of amides is 2. The zero-order valence-corrected chi connectivity index (χ0v) is 16.9. The molecule has 8 heteroatoms. The van der Waals surface area contributed by atoms with Crippen molar-refractivity contribution in [3.05, 3.63) is 53.1 Å². The average Bonchev–Trinajstić information content (AvgIpc) is 2.72. The van der Waals surface area contributed by atoms with E-state index in [2.05, 4.69) is 0 Å². The number of fused-ring (bicyclic) bond motifs is 1. The highest BCUT2D eigenvalue weighted by Gasteiger charge is 2.27. The number of phenols is 2. The highest BCUT2D eigenvalue weighted by atomic mass is 16.5. The van der Waals surface area contributed by atoms with Crippen LogP contribution in [0.2, 0.25) is 0 Å². The molecular weight excluding hydrogens is 388 g/mol. The van der Waals surface area contributed by atoms with Gasteiger partial charge in [0.15, 0.2) is 0 Å². The van der Waals surface area contributed by atoms with Crippen LogP contribution in [0, 0.1) is 0 Å². The molecule has 0 aromatic heterocycles. The lowest BCUT2D eigenvalue weighted by Crippen LogP contribution is -2.36. The lowest BCUT2D eigenvalue weighted by molar-refractivity contribution is -0.143. The van der Waals surface area contributed by atoms with E-state index in [1.165, 1.54) is 24.1 Å². The first kappa shape index (κ1) is 21.2. The topological polar surface area (TPSA) is 107 Å². The Hall–Kier alpha value is -3.55. The number of ether oxygens (including phenoxy) is 1. The van der Waals surface area contributed by atoms with Crippen LogP contribution >= 0.6 is 0 Å². The highest BCUT2D eigenvalue weighted by molar-refractivity contribution is 6.09. The summed E-state index contributed by atoms with van der Waals surface area (Å²) in [6, 6.07) is 8.90. The van der Waals surface area contributed by atoms with Gasteiger partial charge in [-0.1, -0.05) is 0 Å². The number of aromatic hydroxyl groups is 2. The summed E-state index contributed by atoms with van der Waals surface area (Å²) in [5.74, 6) is -1.59. The minimum atomic E-state index is -0.475. The number of carbonyl (C=O) groups is 3. The number of likely N-dealkylation sites (N-methyl/N-ethyl adjacent to an activating group) is 1. The standard InChI is InChI=1S/C22H24N2O6/c1-3-30-20(27)13-23(2)21(28)15-6-9-18-14(11-15)5-4-10-24(18)22(29)17-8-7-16(25)12-19(17)26/h6-9,11-12,25-26H,3-5,10,13H2,1-2H3. The molecule has 2 aromatic rings. The van der Waals surface area contributed by atoms with Gasteiger partial charge in [0.25, 0.3) is 11.8 Å². The van der Waals surface area contributed by atoms with Crippen molar-refractivity contribution in [1.29, 1.82) is 0 Å². The van der Waals surface area contributed by atoms with E-state index < -0.39 is 5.97 Å². The Labute approximate surface area is 174 Å². The number of benzene rings is 2. The van der Waals surface area contributed by atoms with Gasteiger partial charge >= 0.3 is 5.97 Å². The third-order valence-electron chi connectivity index (χ3n) is 4.92. The van der Waals surface area contributed by atoms with E-state index in [0.29, 0.717) is 30.6 Å². The van der Waals surface area contributed by atoms with Gasteiger partial charge in [0.2, 0.25) is 0 Å². The van der Waals surface area contributed by atoms with Crippen LogP contribution in [0.1, 0.15) is 39.6 Å². The van der Waals surface area contributed by atoms with Crippen molar-refractivity contribution in [2.24, 2.45) is 0 Å². The lowest BCUT2D eigenvalue weighted by Gasteiger charge is -2.30. The number of nitrogens with zero attached hydrogens (tertiary/aromatic N) is 2. The maximum Gasteiger partial charge on any atom is 0.325 e. The van der Waals surface area contributed by atoms with E-state index in [-0.39, 0.29) is 42.0 Å². The van der Waals surface area contributed by atoms with Crippen molar-refractivity contribution in [1.82, 2.24) is 4.90 Å². The first-order valence-corrected chi connectivity index (χ1v) is 9.69. The van der Waals surface area contributed by atoms with Gasteiger partial charge in [-0.3, -0.25) is 14.4 Å². The minimum Gasteiger partial charge on any atom is -0.508 e. The molecule has 1 aliphatic rings. The van der Waals surface area contributed by atoms with Crippen LogP contribution in [0.5, 0.6) is 11.5 Å². The first-order chi connectivity index (χ1) is 14.3. The molecule has 0 fully saturated rings. The van der Waals surface area contributed by atoms with E-state index in [4.69, 9.17) is 4.74 Å². The normalized spacial score (nSPS) is 12.8. The molecule has 0 radical (unpaired) electrons. The smallest absolute Gasteiger partial charge is 0.325 e. The number of anilines is 1. The largest absolute Gasteiger partial charge is 0.508 e. The van der Waals surface area contributed by atoms with Gasteiger partial charge in [0, 0.05) is 30.9 Å². The Bertz CT molecular complexity index is 988. The Morgan fingerprint density at radius 3 is 2.60 bits per heavy atom. The second-order valence-corrected chi connectivity index (χ2v) is 7.07. The van der Waals surface area contributed by atoms with Gasteiger partial charge in [0.1, 0.15) is 18.0 Å². The van der Waals surface area contributed by atoms with Crippen molar-refractivity contribution in [2.75, 3.05) is 31.6 Å². The number of phenolic OH excluding ortho intramolecular Hbond substituents is 2. The molecule has 3 rings (SSSR count). The lowest BCUT2D eigenvalue weighted by atomic mass is 9.97. The summed E-state index contributed by atoms with van der Waals surface area (Å²) in [7, 11) is 1.53. The number of esters is 1. The third kappa shape index (κ3) is 4.37. The van der Waals surface area contributed by atoms with Crippen LogP contribution in [0.3, 0.4) is 0 Å². The summed E-state index contributed by atoms with van der Waals surface area (Å²) in [6.07, 6.45) is 1.40. The minimum absolute atomic E-state index is 0.0926. The molecule has 2 N–H and O–H groups in total. The quantitative estimate of drug-likeness (QED) is 0.730. The second-order valence-electron chi connectivity index (χ2n) is 7.07. The Balaban J connectivity index is 1.83. The molecular formula is C22H24N2O6. The number of aryl methyl sites for hydroxylation is 1. The van der Waals surface area contributed by atoms with Gasteiger partial charge in [-0.15, -0.1) is 0 Å². The van der Waals surface area contributed by atoms with Crippen LogP contribution in [-0.2, 0) is 16.0 Å². The fraction of sp³-hybridized carbons (Fsp3) is 0.318. The monoisotopic (exact) mass is 412 g/mol. The molecule has 2 aromatic carbocycles. The highest BCUT2D eigenvalue weighted by Crippen LogP contribution is 2.32. The first-order valence-electron chi connectivity index (χ1n) is 9.69. The summed E-state index contributed by atoms with van der Waals surface area (Å²) >= 11 is 0. The number of carbonyl (C=O) groups excluding carboxylic acids is 3. The average molecular weight is 412 g/mol. The molecule has 1 heterocycles. The van der Waals surface area contributed by atoms with Gasteiger partial charge in [-0.05, 0) is 55.7 Å². The van der Waals surface area contributed by atoms with Crippen molar-refractivity contribution >= 4 is 23.5 Å². The summed E-state index contributed by atoms with van der Waals surface area (Å²) in [5, 5.41) is 19.5. The molecule has 0 aliphatic carbocycles. The van der Waals surface area contributed by atoms with Crippen LogP contribution in [-0.4, -0.2) is 59.6 Å². The van der Waals surface area contributed by atoms with E-state index in [9.17, 15) is 24.6 Å². The molecule has 0 spiro atoms. The van der Waals surface area contributed by atoms with Gasteiger partial charge in [-0.25, -0.2) is 0 Å². The van der Waals surface area contributed by atoms with Crippen LogP contribution in [0.25, 0.3) is 0 Å². The predicted molar refractivity (Wildman–Crippen MR) is 110 cm³/mol. The van der Waals surface area contributed by atoms with Crippen molar-refractivity contribution < 1.29 is 29.3 Å². The Morgan fingerprint density at radius 2 is 1.90 bits per heavy atom. The molecule has 158 valence electrons. The third-order valence-corrected chi connectivity index (χ3v) is 4.92. The number of rotatable bonds is 5. The maximum atomic E-state index is 13.0. The zero-order chi connectivity index (χ0) is 21.8. The van der Waals surface area contributed by atoms with Crippen molar-refractivity contribution in [3.8, 4) is 11.5 Å². The summed E-state index contributed by atoms with van der Waals surface area (Å²) in [4.78, 5) is 40.1. The van der Waals surface area contributed by atoms with E-state index in [0.717, 1.165) is 11.6 Å². The zero-order valence-electron chi connectivity index (χ0n) is 16.9. The van der Waals surface area contributed by atoms with Gasteiger partial charge in [0.05, 0.1) is 12.2 Å². The van der Waals surface area contributed by atoms with Gasteiger partial charge < -0.3 is 24.7 Å². The van der Waals surface area contributed by atoms with Gasteiger partial charge in [-0.2, -0.15) is 0 Å². The summed E-state index contributed by atoms with van der Waals surface area (Å²) in [6.45, 7) is 2.28. The predicted octanol–water partition coefficient (Wildman–Crippen LogP) is 2.33. The van der Waals surface area contributed by atoms with Crippen LogP contribution in [0.15, 0.2) is 36.4 Å². The Morgan fingerprint density at radius 1 is 1.13 bits per heavy atom. The molecule has 0 saturated heterocycles. The molecule has 0 unspecified atom stereocenters.